The third-order valence-corrected chi connectivity index (χ3v) is 7.97. The summed E-state index contributed by atoms with van der Waals surface area (Å²) in [5.74, 6) is 0.0617. The van der Waals surface area contributed by atoms with Gasteiger partial charge >= 0.3 is 23.1 Å². The largest absolute Gasteiger partial charge is 2.00 e. The van der Waals surface area contributed by atoms with Gasteiger partial charge in [0.1, 0.15) is 0 Å². The van der Waals surface area contributed by atoms with E-state index in [-0.39, 0.29) is 51.7 Å². The Morgan fingerprint density at radius 3 is 1.49 bits per heavy atom. The molecule has 0 fully saturated rings. The maximum atomic E-state index is 11.9. The van der Waals surface area contributed by atoms with Gasteiger partial charge in [0.2, 0.25) is 0 Å². The Morgan fingerprint density at radius 2 is 1.15 bits per heavy atom. The average Bonchev–Trinajstić information content (AvgIpc) is 3.47. The first-order valence-corrected chi connectivity index (χ1v) is 14.4. The first-order valence-electron chi connectivity index (χ1n) is 12.0. The molecule has 0 atom stereocenters. The summed E-state index contributed by atoms with van der Waals surface area (Å²) in [6.45, 7) is 14.5. The van der Waals surface area contributed by atoms with Crippen molar-refractivity contribution in [2.75, 3.05) is 14.1 Å². The van der Waals surface area contributed by atoms with Crippen LogP contribution in [0.25, 0.3) is 22.3 Å². The number of hydrogen-bond donors (Lipinski definition) is 0. The van der Waals surface area contributed by atoms with Crippen LogP contribution in [0.15, 0.2) is 79.4 Å². The molecule has 4 aromatic rings. The summed E-state index contributed by atoms with van der Waals surface area (Å²) in [6.07, 6.45) is 2.50. The van der Waals surface area contributed by atoms with E-state index in [1.165, 1.54) is 22.7 Å². The van der Waals surface area contributed by atoms with Gasteiger partial charge in [-0.15, -0.1) is 22.7 Å². The van der Waals surface area contributed by atoms with Crippen LogP contribution in [0, 0.1) is 19.9 Å². The number of allylic oxidation sites excluding steroid dienone is 2. The molecule has 0 radical (unpaired) electrons. The van der Waals surface area contributed by atoms with E-state index < -0.39 is 0 Å². The van der Waals surface area contributed by atoms with Gasteiger partial charge in [-0.25, -0.2) is 0 Å². The number of Topliss-reactive ketones (excluding diaryl/α,β-unsaturated/α-hetero) is 1. The molecule has 0 N–H and O–H groups in total. The predicted octanol–water partition coefficient (Wildman–Crippen LogP) is 6.83. The van der Waals surface area contributed by atoms with Gasteiger partial charge in [-0.2, -0.15) is 6.92 Å². The predicted molar refractivity (Wildman–Crippen MR) is 176 cm³/mol. The molecule has 0 saturated carbocycles. The van der Waals surface area contributed by atoms with E-state index in [0.29, 0.717) is 10.6 Å². The van der Waals surface area contributed by atoms with Gasteiger partial charge in [0.15, 0.2) is 5.78 Å². The van der Waals surface area contributed by atoms with E-state index >= 15 is 0 Å². The van der Waals surface area contributed by atoms with Gasteiger partial charge in [0.05, 0.1) is 9.75 Å². The standard InChI is InChI=1S/C15H13ClOS.C14H14ClNOS.C3H5.BrH.Mg/c1-9(2)15(17)14-8-13(10(3)18-14)11-4-6-12(16)7-5-11;1-9-12(10-4-6-11(15)7-5-10)8-13(18-9)14(17)16(2)3;1-3-2;;/h4-8H,1H2,2-3H3;4-8H,1-3H3;1H2,2H3;1H;/q;;-1;;+2/p-1. The van der Waals surface area contributed by atoms with Crippen molar-refractivity contribution in [3.05, 3.63) is 115 Å². The molecule has 2 aromatic heterocycles. The molecule has 41 heavy (non-hydrogen) atoms. The zero-order chi connectivity index (χ0) is 29.3. The Bertz CT molecular complexity index is 1460. The molecule has 0 unspecified atom stereocenters. The number of amides is 1. The zero-order valence-electron chi connectivity index (χ0n) is 24.1. The number of aryl methyl sites for hydroxylation is 2. The molecule has 2 heterocycles. The summed E-state index contributed by atoms with van der Waals surface area (Å²) >= 11 is 14.8. The smallest absolute Gasteiger partial charge is 1.00 e. The van der Waals surface area contributed by atoms with Crippen LogP contribution in [0.5, 0.6) is 0 Å². The van der Waals surface area contributed by atoms with Crippen LogP contribution in [-0.4, -0.2) is 53.7 Å². The number of benzene rings is 2. The van der Waals surface area contributed by atoms with Crippen molar-refractivity contribution in [1.82, 2.24) is 4.90 Å². The molecule has 212 valence electrons. The van der Waals surface area contributed by atoms with Crippen LogP contribution in [0.2, 0.25) is 10.0 Å². The molecule has 3 nitrogen and oxygen atoms in total. The van der Waals surface area contributed by atoms with E-state index in [9.17, 15) is 9.59 Å². The zero-order valence-corrected chi connectivity index (χ0v) is 30.3. The van der Waals surface area contributed by atoms with Crippen molar-refractivity contribution in [2.24, 2.45) is 0 Å². The number of halogens is 3. The minimum absolute atomic E-state index is 0. The summed E-state index contributed by atoms with van der Waals surface area (Å²) in [5.41, 5.74) is 4.92. The van der Waals surface area contributed by atoms with Crippen molar-refractivity contribution in [1.29, 1.82) is 0 Å². The molecular formula is C32H32BrCl2MgNO2S2. The third kappa shape index (κ3) is 11.5. The summed E-state index contributed by atoms with van der Waals surface area (Å²) in [5, 5.41) is 1.43. The molecule has 0 aliphatic rings. The monoisotopic (exact) mass is 699 g/mol. The molecule has 0 saturated heterocycles. The van der Waals surface area contributed by atoms with Crippen LogP contribution in [0.3, 0.4) is 0 Å². The number of hydrogen-bond acceptors (Lipinski definition) is 4. The van der Waals surface area contributed by atoms with Gasteiger partial charge < -0.3 is 28.0 Å². The molecule has 4 rings (SSSR count). The number of thiophene rings is 2. The number of ketones is 1. The quantitative estimate of drug-likeness (QED) is 0.0991. The molecule has 0 bridgehead atoms. The maximum Gasteiger partial charge on any atom is 2.00 e. The number of nitrogens with zero attached hydrogens (tertiary/aromatic N) is 1. The van der Waals surface area contributed by atoms with Crippen LogP contribution in [0.1, 0.15) is 42.9 Å². The van der Waals surface area contributed by atoms with Crippen LogP contribution >= 0.6 is 45.9 Å². The summed E-state index contributed by atoms with van der Waals surface area (Å²) in [4.78, 5) is 29.2. The normalized spacial score (nSPS) is 9.46. The molecular weight excluding hydrogens is 670 g/mol. The van der Waals surface area contributed by atoms with E-state index in [4.69, 9.17) is 23.2 Å². The molecule has 1 amide bonds. The van der Waals surface area contributed by atoms with Crippen LogP contribution in [-0.2, 0) is 0 Å². The van der Waals surface area contributed by atoms with Gasteiger partial charge in [-0.05, 0) is 85.0 Å². The molecule has 0 aliphatic heterocycles. The Kier molecular flexibility index (Phi) is 18.0. The summed E-state index contributed by atoms with van der Waals surface area (Å²) in [7, 11) is 3.53. The fourth-order valence-corrected chi connectivity index (χ4v) is 5.82. The van der Waals surface area contributed by atoms with Gasteiger partial charge in [0, 0.05) is 33.9 Å². The Morgan fingerprint density at radius 1 is 0.805 bits per heavy atom. The second-order valence-corrected chi connectivity index (χ2v) is 12.2. The van der Waals surface area contributed by atoms with Gasteiger partial charge in [-0.1, -0.05) is 54.0 Å². The van der Waals surface area contributed by atoms with Crippen LogP contribution in [0.4, 0.5) is 0 Å². The van der Waals surface area contributed by atoms with E-state index in [2.05, 4.69) is 19.2 Å². The second kappa shape index (κ2) is 18.7. The molecule has 2 aromatic carbocycles. The third-order valence-electron chi connectivity index (χ3n) is 5.37. The fourth-order valence-electron chi connectivity index (χ4n) is 3.44. The average molecular weight is 702 g/mol. The van der Waals surface area contributed by atoms with Crippen molar-refractivity contribution < 1.29 is 26.6 Å². The first-order chi connectivity index (χ1) is 18.4. The topological polar surface area (TPSA) is 37.4 Å². The Labute approximate surface area is 288 Å². The number of rotatable bonds is 5. The van der Waals surface area contributed by atoms with Gasteiger partial charge in [-0.3, -0.25) is 16.2 Å². The molecule has 9 heteroatoms. The van der Waals surface area contributed by atoms with Gasteiger partial charge in [0.25, 0.3) is 5.91 Å². The Balaban J connectivity index is 0.000000682. The molecule has 0 spiro atoms. The van der Waals surface area contributed by atoms with Crippen molar-refractivity contribution in [3.8, 4) is 22.3 Å². The fraction of sp³-hybridized carbons (Fsp3) is 0.188. The van der Waals surface area contributed by atoms with E-state index in [0.717, 1.165) is 46.8 Å². The van der Waals surface area contributed by atoms with Crippen molar-refractivity contribution in [3.63, 3.8) is 0 Å². The summed E-state index contributed by atoms with van der Waals surface area (Å²) in [6, 6.07) is 19.2. The van der Waals surface area contributed by atoms with Crippen molar-refractivity contribution in [2.45, 2.75) is 27.7 Å². The minimum Gasteiger partial charge on any atom is -1.00 e. The second-order valence-electron chi connectivity index (χ2n) is 8.84. The maximum absolute atomic E-state index is 11.9. The Hall–Kier alpha value is -1.71. The van der Waals surface area contributed by atoms with Crippen LogP contribution < -0.4 is 17.0 Å². The minimum atomic E-state index is 0. The number of carbonyl (C=O) groups is 2. The van der Waals surface area contributed by atoms with Crippen molar-refractivity contribution >= 4 is 80.6 Å². The van der Waals surface area contributed by atoms with E-state index in [1.807, 2.05) is 74.5 Å². The van der Waals surface area contributed by atoms with E-state index in [1.54, 1.807) is 32.8 Å². The molecule has 0 aliphatic carbocycles. The first kappa shape index (κ1) is 39.3. The summed E-state index contributed by atoms with van der Waals surface area (Å²) < 4.78 is 0. The number of carbonyl (C=O) groups excluding carboxylic acids is 2. The SMILES string of the molecule is C=C(C)C(=O)c1cc(-c2ccc(Cl)cc2)c(C)s1.C=[C-]C.Cc1sc(C(=O)N(C)C)cc1-c1ccc(Cl)cc1.[Br-].[Mg+2].